The molecule has 2 N–H and O–H groups in total. The fraction of sp³-hybridized carbons (Fsp3) is 0.971. The van der Waals surface area contributed by atoms with Crippen molar-refractivity contribution in [3.05, 3.63) is 0 Å². The Balaban J connectivity index is 5.21. The molecule has 0 aromatic heterocycles. The van der Waals surface area contributed by atoms with Crippen LogP contribution in [-0.2, 0) is 0 Å². The highest BCUT2D eigenvalue weighted by molar-refractivity contribution is 5.70. The van der Waals surface area contributed by atoms with E-state index in [1.807, 2.05) is 0 Å². The summed E-state index contributed by atoms with van der Waals surface area (Å²) in [7, 11) is 4.53. The first-order chi connectivity index (χ1) is 19.4. The van der Waals surface area contributed by atoms with E-state index in [0.29, 0.717) is 4.59 Å². The van der Waals surface area contributed by atoms with Gasteiger partial charge in [-0.1, -0.05) is 156 Å². The fourth-order valence-corrected chi connectivity index (χ4v) is 5.52. The van der Waals surface area contributed by atoms with Gasteiger partial charge in [0.25, 0.3) is 0 Å². The second-order valence-electron chi connectivity index (χ2n) is 12.8. The van der Waals surface area contributed by atoms with Gasteiger partial charge in [-0.05, 0) is 25.7 Å². The molecular formula is C35H76N5+. The van der Waals surface area contributed by atoms with Gasteiger partial charge in [-0.15, -0.1) is 10.1 Å². The molecule has 0 amide bonds. The maximum atomic E-state index is 6.87. The smallest absolute Gasteiger partial charge is 0.335 e. The van der Waals surface area contributed by atoms with E-state index in [9.17, 15) is 0 Å². The number of quaternary nitrogens is 1. The molecule has 0 spiro atoms. The van der Waals surface area contributed by atoms with Crippen LogP contribution in [0.1, 0.15) is 182 Å². The third-order valence-electron chi connectivity index (χ3n) is 8.59. The number of hydrogen-bond donors (Lipinski definition) is 1. The summed E-state index contributed by atoms with van der Waals surface area (Å²) < 4.78 is 0.591. The molecule has 0 aromatic carbocycles. The number of rotatable bonds is 30. The van der Waals surface area contributed by atoms with Crippen LogP contribution in [0.2, 0.25) is 0 Å². The molecule has 0 bridgehead atoms. The molecule has 0 atom stereocenters. The highest BCUT2D eigenvalue weighted by Crippen LogP contribution is 2.15. The van der Waals surface area contributed by atoms with Crippen LogP contribution in [0.5, 0.6) is 0 Å². The Morgan fingerprint density at radius 2 is 0.725 bits per heavy atom. The Hall–Kier alpha value is -0.810. The predicted molar refractivity (Wildman–Crippen MR) is 180 cm³/mol. The zero-order chi connectivity index (χ0) is 29.7. The molecule has 0 aliphatic rings. The van der Waals surface area contributed by atoms with Crippen LogP contribution in [0.15, 0.2) is 5.10 Å². The lowest BCUT2D eigenvalue weighted by molar-refractivity contribution is -0.926. The number of guanidine groups is 1. The Morgan fingerprint density at radius 3 is 1.05 bits per heavy atom. The second-order valence-corrected chi connectivity index (χ2v) is 12.8. The number of nitrogens with zero attached hydrogens (tertiary/aromatic N) is 4. The molecule has 0 aromatic rings. The maximum Gasteiger partial charge on any atom is 0.336 e. The summed E-state index contributed by atoms with van der Waals surface area (Å²) in [5.41, 5.74) is 6.87. The van der Waals surface area contributed by atoms with Crippen LogP contribution in [0.4, 0.5) is 0 Å². The molecule has 40 heavy (non-hydrogen) atoms. The standard InChI is InChI=1S/C35H76N5/c1-7-11-15-19-23-27-31-38(32-28-24-20-16-12-8-2)37-35(36)40(5,6)39(33-29-25-21-17-13-9-3)34-30-26-22-18-14-10-4/h7-34H2,1-6H3,(H2,36,37)/q+1. The minimum absolute atomic E-state index is 0.591. The van der Waals surface area contributed by atoms with Crippen LogP contribution in [0, 0.1) is 0 Å². The summed E-state index contributed by atoms with van der Waals surface area (Å²) in [6.45, 7) is 13.5. The van der Waals surface area contributed by atoms with E-state index in [0.717, 1.165) is 32.1 Å². The van der Waals surface area contributed by atoms with Gasteiger partial charge < -0.3 is 5.73 Å². The van der Waals surface area contributed by atoms with Gasteiger partial charge in [0.15, 0.2) is 0 Å². The monoisotopic (exact) mass is 567 g/mol. The van der Waals surface area contributed by atoms with Crippen molar-refractivity contribution in [1.29, 1.82) is 0 Å². The molecule has 0 saturated carbocycles. The Kier molecular flexibility index (Phi) is 27.7. The van der Waals surface area contributed by atoms with Crippen molar-refractivity contribution in [3.8, 4) is 0 Å². The lowest BCUT2D eigenvalue weighted by atomic mass is 10.1. The summed E-state index contributed by atoms with van der Waals surface area (Å²) in [4.78, 5) is 0. The van der Waals surface area contributed by atoms with Crippen molar-refractivity contribution in [2.45, 2.75) is 182 Å². The minimum Gasteiger partial charge on any atom is -0.335 e. The average Bonchev–Trinajstić information content (AvgIpc) is 2.94. The van der Waals surface area contributed by atoms with Crippen molar-refractivity contribution >= 4 is 5.96 Å². The number of hydrazone groups is 1. The van der Waals surface area contributed by atoms with E-state index in [1.165, 1.54) is 154 Å². The molecule has 0 unspecified atom stereocenters. The lowest BCUT2D eigenvalue weighted by Gasteiger charge is -2.38. The SMILES string of the molecule is CCCCCCCCN(CCCCCCCC)N=C(N)[N+](C)(C)N(CCCCCCCC)CCCCCCCC. The second kappa shape index (κ2) is 28.3. The zero-order valence-corrected chi connectivity index (χ0v) is 28.7. The molecule has 5 heteroatoms. The van der Waals surface area contributed by atoms with Gasteiger partial charge in [0, 0.05) is 26.2 Å². The van der Waals surface area contributed by atoms with Gasteiger partial charge in [-0.2, -0.15) is 4.59 Å². The van der Waals surface area contributed by atoms with Gasteiger partial charge in [-0.25, -0.2) is 0 Å². The first-order valence-corrected chi connectivity index (χ1v) is 18.1. The molecule has 0 aliphatic heterocycles. The Morgan fingerprint density at radius 1 is 0.450 bits per heavy atom. The third-order valence-corrected chi connectivity index (χ3v) is 8.59. The number of unbranched alkanes of at least 4 members (excludes halogenated alkanes) is 20. The van der Waals surface area contributed by atoms with E-state index < -0.39 is 0 Å². The van der Waals surface area contributed by atoms with Crippen molar-refractivity contribution < 1.29 is 4.59 Å². The van der Waals surface area contributed by atoms with Crippen LogP contribution < -0.4 is 5.73 Å². The highest BCUT2D eigenvalue weighted by Gasteiger charge is 2.31. The van der Waals surface area contributed by atoms with Gasteiger partial charge in [0.2, 0.25) is 0 Å². The van der Waals surface area contributed by atoms with Gasteiger partial charge in [0.05, 0.1) is 14.1 Å². The Labute approximate surface area is 253 Å². The first-order valence-electron chi connectivity index (χ1n) is 18.1. The maximum absolute atomic E-state index is 6.87. The fourth-order valence-electron chi connectivity index (χ4n) is 5.52. The average molecular weight is 567 g/mol. The molecule has 0 aliphatic carbocycles. The quantitative estimate of drug-likeness (QED) is 0.0309. The predicted octanol–water partition coefficient (Wildman–Crippen LogP) is 10.3. The third kappa shape index (κ3) is 21.9. The molecule has 0 saturated heterocycles. The molecule has 0 heterocycles. The van der Waals surface area contributed by atoms with E-state index in [-0.39, 0.29) is 0 Å². The van der Waals surface area contributed by atoms with E-state index in [2.05, 4.69) is 51.8 Å². The van der Waals surface area contributed by atoms with Crippen LogP contribution >= 0.6 is 0 Å². The summed E-state index contributed by atoms with van der Waals surface area (Å²) in [5, 5.41) is 10.1. The van der Waals surface area contributed by atoms with Crippen molar-refractivity contribution in [3.63, 3.8) is 0 Å². The number of hydrogen-bond acceptors (Lipinski definition) is 3. The van der Waals surface area contributed by atoms with E-state index in [4.69, 9.17) is 10.8 Å². The van der Waals surface area contributed by atoms with Crippen LogP contribution in [0.25, 0.3) is 0 Å². The van der Waals surface area contributed by atoms with Crippen LogP contribution in [0.3, 0.4) is 0 Å². The highest BCUT2D eigenvalue weighted by atomic mass is 15.8. The topological polar surface area (TPSA) is 44.9 Å². The molecule has 240 valence electrons. The van der Waals surface area contributed by atoms with Gasteiger partial charge in [0.1, 0.15) is 0 Å². The number of nitrogens with two attached hydrogens (primary N) is 1. The van der Waals surface area contributed by atoms with Crippen molar-refractivity contribution in [2.24, 2.45) is 10.8 Å². The summed E-state index contributed by atoms with van der Waals surface area (Å²) >= 11 is 0. The first kappa shape index (κ1) is 39.2. The van der Waals surface area contributed by atoms with Crippen molar-refractivity contribution in [1.82, 2.24) is 10.0 Å². The largest absolute Gasteiger partial charge is 0.336 e. The lowest BCUT2D eigenvalue weighted by Crippen LogP contribution is -2.62. The van der Waals surface area contributed by atoms with E-state index >= 15 is 0 Å². The van der Waals surface area contributed by atoms with Crippen molar-refractivity contribution in [2.75, 3.05) is 40.3 Å². The molecule has 5 nitrogen and oxygen atoms in total. The van der Waals surface area contributed by atoms with Gasteiger partial charge in [-0.3, -0.25) is 5.01 Å². The summed E-state index contributed by atoms with van der Waals surface area (Å²) in [6, 6.07) is 0. The minimum atomic E-state index is 0.591. The zero-order valence-electron chi connectivity index (χ0n) is 28.7. The Bertz CT molecular complexity index is 516. The molecule has 0 radical (unpaired) electrons. The molecular weight excluding hydrogens is 490 g/mol. The normalized spacial score (nSPS) is 12.5. The summed E-state index contributed by atoms with van der Waals surface area (Å²) in [5.74, 6) is 0.758. The molecule has 0 fully saturated rings. The summed E-state index contributed by atoms with van der Waals surface area (Å²) in [6.07, 6.45) is 31.9. The molecule has 0 rings (SSSR count). The van der Waals surface area contributed by atoms with Crippen LogP contribution in [-0.4, -0.2) is 60.8 Å². The van der Waals surface area contributed by atoms with E-state index in [1.54, 1.807) is 0 Å². The van der Waals surface area contributed by atoms with Gasteiger partial charge >= 0.3 is 5.96 Å².